The fourth-order valence-electron chi connectivity index (χ4n) is 1.70. The van der Waals surface area contributed by atoms with Crippen molar-refractivity contribution in [3.63, 3.8) is 0 Å². The van der Waals surface area contributed by atoms with Gasteiger partial charge in [-0.3, -0.25) is 0 Å². The molecule has 0 aromatic heterocycles. The van der Waals surface area contributed by atoms with Gasteiger partial charge in [0.25, 0.3) is 0 Å². The first kappa shape index (κ1) is 25.7. The van der Waals surface area contributed by atoms with Crippen LogP contribution in [0.5, 0.6) is 0 Å². The van der Waals surface area contributed by atoms with E-state index in [9.17, 15) is 0 Å². The zero-order chi connectivity index (χ0) is 19.3. The predicted octanol–water partition coefficient (Wildman–Crippen LogP) is 6.05. The van der Waals surface area contributed by atoms with Crippen LogP contribution in [0.15, 0.2) is 0 Å². The molecule has 0 aliphatic heterocycles. The van der Waals surface area contributed by atoms with Crippen LogP contribution >= 0.6 is 0 Å². The normalized spacial score (nSPS) is 19.2. The quantitative estimate of drug-likeness (QED) is 0.293. The Kier molecular flexibility index (Phi) is 15.2. The third-order valence-corrected chi connectivity index (χ3v) is 10.1. The van der Waals surface area contributed by atoms with Crippen LogP contribution in [0.3, 0.4) is 0 Å². The zero-order valence-electron chi connectivity index (χ0n) is 18.1. The maximum atomic E-state index is 6.31. The summed E-state index contributed by atoms with van der Waals surface area (Å²) in [6.45, 7) is 20.2. The van der Waals surface area contributed by atoms with Crippen molar-refractivity contribution in [2.75, 3.05) is 26.4 Å². The molecule has 4 unspecified atom stereocenters. The van der Waals surface area contributed by atoms with Gasteiger partial charge in [-0.1, -0.05) is 0 Å². The Labute approximate surface area is 164 Å². The van der Waals surface area contributed by atoms with Crippen LogP contribution in [-0.4, -0.2) is 26.4 Å². The Morgan fingerprint density at radius 1 is 0.480 bits per heavy atom. The van der Waals surface area contributed by atoms with Gasteiger partial charge >= 0.3 is 164 Å². The fourth-order valence-corrected chi connectivity index (χ4v) is 7.73. The first-order valence-electron chi connectivity index (χ1n) is 10.4. The molecule has 0 rings (SSSR count). The summed E-state index contributed by atoms with van der Waals surface area (Å²) in [5.74, 6) is 1.95. The molecule has 0 aliphatic carbocycles. The second kappa shape index (κ2) is 14.7. The second-order valence-corrected chi connectivity index (χ2v) is 13.1. The summed E-state index contributed by atoms with van der Waals surface area (Å²) in [5, 5.41) is 0. The Bertz CT molecular complexity index is 253. The van der Waals surface area contributed by atoms with Crippen LogP contribution < -0.4 is 0 Å². The van der Waals surface area contributed by atoms with Crippen LogP contribution in [0.2, 0.25) is 0 Å². The molecule has 4 nitrogen and oxygen atoms in total. The van der Waals surface area contributed by atoms with Gasteiger partial charge in [0.15, 0.2) is 0 Å². The summed E-state index contributed by atoms with van der Waals surface area (Å²) >= 11 is -4.00. The van der Waals surface area contributed by atoms with E-state index in [1.807, 2.05) is 0 Å². The Morgan fingerprint density at radius 3 is 0.840 bits per heavy atom. The average Bonchev–Trinajstić information content (AvgIpc) is 2.65. The molecule has 0 fully saturated rings. The van der Waals surface area contributed by atoms with Crippen LogP contribution in [0.1, 0.15) is 81.1 Å². The van der Waals surface area contributed by atoms with Crippen LogP contribution in [-0.2, 0) is 33.3 Å². The minimum atomic E-state index is -4.00. The van der Waals surface area contributed by atoms with E-state index in [4.69, 9.17) is 11.3 Å². The van der Waals surface area contributed by atoms with E-state index in [0.717, 1.165) is 25.7 Å². The first-order chi connectivity index (χ1) is 11.8. The van der Waals surface area contributed by atoms with Gasteiger partial charge in [-0.25, -0.2) is 0 Å². The van der Waals surface area contributed by atoms with E-state index < -0.39 is 22.0 Å². The molecule has 0 amide bonds. The van der Waals surface area contributed by atoms with E-state index in [1.165, 1.54) is 0 Å². The van der Waals surface area contributed by atoms with Crippen LogP contribution in [0.25, 0.3) is 0 Å². The van der Waals surface area contributed by atoms with Crippen molar-refractivity contribution in [1.29, 1.82) is 0 Å². The van der Waals surface area contributed by atoms with Crippen molar-refractivity contribution in [2.45, 2.75) is 81.1 Å². The second-order valence-electron chi connectivity index (χ2n) is 7.80. The number of hydrogen-bond acceptors (Lipinski definition) is 4. The summed E-state index contributed by atoms with van der Waals surface area (Å²) < 4.78 is 25.2. The van der Waals surface area contributed by atoms with Gasteiger partial charge in [-0.15, -0.1) is 0 Å². The van der Waals surface area contributed by atoms with Crippen molar-refractivity contribution in [1.82, 2.24) is 0 Å². The summed E-state index contributed by atoms with van der Waals surface area (Å²) in [6, 6.07) is 0. The van der Waals surface area contributed by atoms with Gasteiger partial charge in [0.2, 0.25) is 0 Å². The Balaban J connectivity index is 5.11. The molecule has 0 bridgehead atoms. The summed E-state index contributed by atoms with van der Waals surface area (Å²) in [6.07, 6.45) is 4.35. The standard InChI is InChI=1S/4C5H11O.Zr/c4*1-3-5(2)4-6;/h4*5H,3-4H2,1-2H3;/q4*-1;+4. The molecule has 0 heterocycles. The van der Waals surface area contributed by atoms with Crippen molar-refractivity contribution >= 4 is 0 Å². The summed E-state index contributed by atoms with van der Waals surface area (Å²) in [5.41, 5.74) is 0. The maximum absolute atomic E-state index is 6.31. The molecular formula is C20H44O4Zr. The molecule has 0 aromatic rings. The first-order valence-corrected chi connectivity index (χ1v) is 14.4. The molecule has 0 saturated heterocycles. The van der Waals surface area contributed by atoms with Crippen molar-refractivity contribution in [3.05, 3.63) is 0 Å². The molecule has 4 atom stereocenters. The van der Waals surface area contributed by atoms with Crippen molar-refractivity contribution in [2.24, 2.45) is 23.7 Å². The van der Waals surface area contributed by atoms with Gasteiger partial charge in [0.1, 0.15) is 0 Å². The monoisotopic (exact) mass is 438 g/mol. The minimum absolute atomic E-state index is 0.489. The molecule has 5 heteroatoms. The van der Waals surface area contributed by atoms with Gasteiger partial charge in [-0.05, 0) is 0 Å². The fraction of sp³-hybridized carbons (Fsp3) is 1.00. The van der Waals surface area contributed by atoms with E-state index in [0.29, 0.717) is 50.1 Å². The van der Waals surface area contributed by atoms with Gasteiger partial charge in [-0.2, -0.15) is 0 Å². The molecule has 0 saturated carbocycles. The van der Waals surface area contributed by atoms with E-state index in [1.54, 1.807) is 0 Å². The molecule has 25 heavy (non-hydrogen) atoms. The SMILES string of the molecule is CCC(C)C[O][Zr]([O]CC(C)CC)([O]CC(C)CC)[O]CC(C)CC. The van der Waals surface area contributed by atoms with Gasteiger partial charge in [0.05, 0.1) is 0 Å². The predicted molar refractivity (Wildman–Crippen MR) is 102 cm³/mol. The van der Waals surface area contributed by atoms with Crippen molar-refractivity contribution < 1.29 is 33.3 Å². The summed E-state index contributed by atoms with van der Waals surface area (Å²) in [4.78, 5) is 0. The topological polar surface area (TPSA) is 36.9 Å². The molecule has 152 valence electrons. The van der Waals surface area contributed by atoms with E-state index in [2.05, 4.69) is 55.4 Å². The average molecular weight is 440 g/mol. The Hall–Kier alpha value is 0.723. The number of hydrogen-bond donors (Lipinski definition) is 0. The molecule has 0 aromatic carbocycles. The third kappa shape index (κ3) is 11.9. The van der Waals surface area contributed by atoms with Gasteiger partial charge < -0.3 is 0 Å². The van der Waals surface area contributed by atoms with Crippen LogP contribution in [0.4, 0.5) is 0 Å². The van der Waals surface area contributed by atoms with E-state index in [-0.39, 0.29) is 0 Å². The molecule has 0 radical (unpaired) electrons. The van der Waals surface area contributed by atoms with Crippen LogP contribution in [0, 0.1) is 23.7 Å². The van der Waals surface area contributed by atoms with E-state index >= 15 is 0 Å². The summed E-state index contributed by atoms with van der Waals surface area (Å²) in [7, 11) is 0. The molecule has 0 spiro atoms. The Morgan fingerprint density at radius 2 is 0.680 bits per heavy atom. The zero-order valence-corrected chi connectivity index (χ0v) is 20.6. The number of rotatable bonds is 16. The van der Waals surface area contributed by atoms with Gasteiger partial charge in [0, 0.05) is 0 Å². The molecular weight excluding hydrogens is 395 g/mol. The third-order valence-electron chi connectivity index (χ3n) is 4.97. The molecule has 0 N–H and O–H groups in total. The van der Waals surface area contributed by atoms with Crippen molar-refractivity contribution in [3.8, 4) is 0 Å². The molecule has 0 aliphatic rings.